The monoisotopic (exact) mass is 375 g/mol. The van der Waals surface area contributed by atoms with E-state index in [1.807, 2.05) is 24.3 Å². The highest BCUT2D eigenvalue weighted by molar-refractivity contribution is 9.10. The molecule has 0 aliphatic heterocycles. The Labute approximate surface area is 133 Å². The van der Waals surface area contributed by atoms with Crippen molar-refractivity contribution in [1.82, 2.24) is 4.72 Å². The molecule has 7 heteroatoms. The maximum absolute atomic E-state index is 12.4. The summed E-state index contributed by atoms with van der Waals surface area (Å²) < 4.78 is 33.0. The molecule has 1 aliphatic rings. The van der Waals surface area contributed by atoms with Crippen LogP contribution in [-0.2, 0) is 26.1 Å². The average molecular weight is 376 g/mol. The molecule has 2 rings (SSSR count). The Hall–Kier alpha value is -0.920. The molecule has 0 radical (unpaired) electrons. The number of esters is 1. The number of halogens is 1. The van der Waals surface area contributed by atoms with Crippen LogP contribution in [0.1, 0.15) is 24.8 Å². The number of ether oxygens (including phenoxy) is 1. The first kappa shape index (κ1) is 16.5. The molecule has 1 saturated carbocycles. The van der Waals surface area contributed by atoms with E-state index in [0.717, 1.165) is 16.5 Å². The van der Waals surface area contributed by atoms with Crippen LogP contribution < -0.4 is 4.72 Å². The maximum Gasteiger partial charge on any atom is 0.310 e. The molecule has 0 spiro atoms. The second-order valence-electron chi connectivity index (χ2n) is 5.09. The van der Waals surface area contributed by atoms with E-state index in [1.54, 1.807) is 0 Å². The number of hydrogen-bond donors (Lipinski definition) is 1. The summed E-state index contributed by atoms with van der Waals surface area (Å²) in [5, 5.41) is -0.694. The van der Waals surface area contributed by atoms with Crippen molar-refractivity contribution in [2.75, 3.05) is 7.11 Å². The Balaban J connectivity index is 2.04. The minimum atomic E-state index is -3.54. The number of sulfonamides is 1. The third-order valence-corrected chi connectivity index (χ3v) is 6.18. The normalized spacial score (nSPS) is 22.2. The Morgan fingerprint density at radius 1 is 1.33 bits per heavy atom. The summed E-state index contributed by atoms with van der Waals surface area (Å²) in [6.07, 6.45) is 1.79. The van der Waals surface area contributed by atoms with Gasteiger partial charge in [-0.15, -0.1) is 0 Å². The lowest BCUT2D eigenvalue weighted by atomic mass is 10.1. The molecular weight excluding hydrogens is 358 g/mol. The quantitative estimate of drug-likeness (QED) is 0.800. The van der Waals surface area contributed by atoms with Crippen molar-refractivity contribution in [3.63, 3.8) is 0 Å². The molecule has 0 bridgehead atoms. The third kappa shape index (κ3) is 4.05. The lowest BCUT2D eigenvalue weighted by Gasteiger charge is -2.18. The number of rotatable bonds is 5. The van der Waals surface area contributed by atoms with Gasteiger partial charge in [-0.1, -0.05) is 34.5 Å². The molecule has 2 unspecified atom stereocenters. The SMILES string of the molecule is COC(=O)C1CCCC1S(=O)(=O)NCc1ccc(Br)cc1. The summed E-state index contributed by atoms with van der Waals surface area (Å²) in [5.74, 6) is -0.996. The van der Waals surface area contributed by atoms with Gasteiger partial charge in [0.15, 0.2) is 0 Å². The van der Waals surface area contributed by atoms with Crippen molar-refractivity contribution in [3.8, 4) is 0 Å². The molecule has 2 atom stereocenters. The first-order valence-electron chi connectivity index (χ1n) is 6.75. The Morgan fingerprint density at radius 3 is 2.62 bits per heavy atom. The molecule has 0 amide bonds. The van der Waals surface area contributed by atoms with Crippen molar-refractivity contribution < 1.29 is 17.9 Å². The number of hydrogen-bond acceptors (Lipinski definition) is 4. The first-order chi connectivity index (χ1) is 9.94. The molecular formula is C14H18BrNO4S. The van der Waals surface area contributed by atoms with Crippen molar-refractivity contribution in [1.29, 1.82) is 0 Å². The van der Waals surface area contributed by atoms with Gasteiger partial charge < -0.3 is 4.74 Å². The molecule has 116 valence electrons. The minimum Gasteiger partial charge on any atom is -0.469 e. The summed E-state index contributed by atoms with van der Waals surface area (Å²) in [4.78, 5) is 11.7. The number of benzene rings is 1. The minimum absolute atomic E-state index is 0.222. The Bertz CT molecular complexity index is 600. The zero-order chi connectivity index (χ0) is 15.5. The largest absolute Gasteiger partial charge is 0.469 e. The van der Waals surface area contributed by atoms with Gasteiger partial charge in [0.1, 0.15) is 0 Å². The van der Waals surface area contributed by atoms with Crippen LogP contribution >= 0.6 is 15.9 Å². The second-order valence-corrected chi connectivity index (χ2v) is 7.99. The number of methoxy groups -OCH3 is 1. The molecule has 0 heterocycles. The molecule has 21 heavy (non-hydrogen) atoms. The van der Waals surface area contributed by atoms with Gasteiger partial charge >= 0.3 is 5.97 Å². The Kier molecular flexibility index (Phi) is 5.40. The standard InChI is InChI=1S/C14H18BrNO4S/c1-20-14(17)12-3-2-4-13(12)21(18,19)16-9-10-5-7-11(15)8-6-10/h5-8,12-13,16H,2-4,9H2,1H3. The van der Waals surface area contributed by atoms with E-state index in [9.17, 15) is 13.2 Å². The van der Waals surface area contributed by atoms with Crippen molar-refractivity contribution in [2.45, 2.75) is 31.1 Å². The van der Waals surface area contributed by atoms with Gasteiger partial charge in [0.05, 0.1) is 18.3 Å². The van der Waals surface area contributed by atoms with Crippen LogP contribution in [0.5, 0.6) is 0 Å². The second kappa shape index (κ2) is 6.89. The van der Waals surface area contributed by atoms with Gasteiger partial charge in [0, 0.05) is 11.0 Å². The van der Waals surface area contributed by atoms with E-state index in [4.69, 9.17) is 4.74 Å². The fourth-order valence-corrected chi connectivity index (χ4v) is 4.61. The zero-order valence-electron chi connectivity index (χ0n) is 11.7. The molecule has 1 N–H and O–H groups in total. The lowest BCUT2D eigenvalue weighted by Crippen LogP contribution is -2.39. The van der Waals surface area contributed by atoms with Crippen LogP contribution in [0.15, 0.2) is 28.7 Å². The summed E-state index contributed by atoms with van der Waals surface area (Å²) in [7, 11) is -2.24. The van der Waals surface area contributed by atoms with Gasteiger partial charge in [-0.3, -0.25) is 4.79 Å². The predicted molar refractivity (Wildman–Crippen MR) is 83.0 cm³/mol. The van der Waals surface area contributed by atoms with E-state index in [1.165, 1.54) is 7.11 Å². The third-order valence-electron chi connectivity index (χ3n) is 3.75. The van der Waals surface area contributed by atoms with Crippen molar-refractivity contribution in [2.24, 2.45) is 5.92 Å². The van der Waals surface area contributed by atoms with Crippen molar-refractivity contribution >= 4 is 31.9 Å². The van der Waals surface area contributed by atoms with E-state index in [2.05, 4.69) is 20.7 Å². The molecule has 1 aliphatic carbocycles. The van der Waals surface area contributed by atoms with E-state index < -0.39 is 27.2 Å². The fraction of sp³-hybridized carbons (Fsp3) is 0.500. The van der Waals surface area contributed by atoms with Crippen molar-refractivity contribution in [3.05, 3.63) is 34.3 Å². The predicted octanol–water partition coefficient (Wildman–Crippen LogP) is 2.21. The summed E-state index contributed by atoms with van der Waals surface area (Å²) >= 11 is 3.33. The molecule has 5 nitrogen and oxygen atoms in total. The van der Waals surface area contributed by atoms with Gasteiger partial charge in [0.25, 0.3) is 0 Å². The zero-order valence-corrected chi connectivity index (χ0v) is 14.1. The average Bonchev–Trinajstić information content (AvgIpc) is 2.96. The molecule has 1 aromatic rings. The topological polar surface area (TPSA) is 72.5 Å². The van der Waals surface area contributed by atoms with E-state index in [-0.39, 0.29) is 6.54 Å². The first-order valence-corrected chi connectivity index (χ1v) is 9.08. The molecule has 0 aromatic heterocycles. The Morgan fingerprint density at radius 2 is 2.00 bits per heavy atom. The van der Waals surface area contributed by atoms with E-state index >= 15 is 0 Å². The van der Waals surface area contributed by atoms with Crippen LogP contribution in [0, 0.1) is 5.92 Å². The van der Waals surface area contributed by atoms with Gasteiger partial charge in [0.2, 0.25) is 10.0 Å². The summed E-state index contributed by atoms with van der Waals surface area (Å²) in [6, 6.07) is 7.41. The van der Waals surface area contributed by atoms with Gasteiger partial charge in [-0.25, -0.2) is 13.1 Å². The van der Waals surface area contributed by atoms with Gasteiger partial charge in [-0.05, 0) is 30.5 Å². The number of nitrogens with one attached hydrogen (secondary N) is 1. The molecule has 1 fully saturated rings. The molecule has 1 aromatic carbocycles. The van der Waals surface area contributed by atoms with Crippen LogP contribution in [-0.4, -0.2) is 26.7 Å². The summed E-state index contributed by atoms with van der Waals surface area (Å²) in [6.45, 7) is 0.222. The number of carbonyl (C=O) groups excluding carboxylic acids is 1. The molecule has 0 saturated heterocycles. The van der Waals surface area contributed by atoms with Crippen LogP contribution in [0.4, 0.5) is 0 Å². The van der Waals surface area contributed by atoms with Crippen LogP contribution in [0.3, 0.4) is 0 Å². The summed E-state index contributed by atoms with van der Waals surface area (Å²) in [5.41, 5.74) is 0.870. The van der Waals surface area contributed by atoms with Crippen LogP contribution in [0.25, 0.3) is 0 Å². The number of carbonyl (C=O) groups is 1. The van der Waals surface area contributed by atoms with Gasteiger partial charge in [-0.2, -0.15) is 0 Å². The lowest BCUT2D eigenvalue weighted by molar-refractivity contribution is -0.145. The van der Waals surface area contributed by atoms with Crippen LogP contribution in [0.2, 0.25) is 0 Å². The highest BCUT2D eigenvalue weighted by Gasteiger charge is 2.41. The fourth-order valence-electron chi connectivity index (χ4n) is 2.61. The van der Waals surface area contributed by atoms with E-state index in [0.29, 0.717) is 12.8 Å². The maximum atomic E-state index is 12.4. The smallest absolute Gasteiger partial charge is 0.310 e. The highest BCUT2D eigenvalue weighted by atomic mass is 79.9. The highest BCUT2D eigenvalue weighted by Crippen LogP contribution is 2.31.